The van der Waals surface area contributed by atoms with Crippen LogP contribution in [0.1, 0.15) is 20.7 Å². The number of benzene rings is 3. The molecule has 2 amide bonds. The topological polar surface area (TPSA) is 113 Å². The summed E-state index contributed by atoms with van der Waals surface area (Å²) < 4.78 is 0. The van der Waals surface area contributed by atoms with Gasteiger partial charge in [0, 0.05) is 5.56 Å². The SMILES string of the molecule is O=C(O)c1ccc(N2C(=O)[C@@H]3C(C(=O)c4ccc5ccccc5c4)=NO[C@@H]3C2=O)cc1. The molecule has 8 nitrogen and oxygen atoms in total. The molecule has 2 aliphatic heterocycles. The summed E-state index contributed by atoms with van der Waals surface area (Å²) in [6.07, 6.45) is -1.22. The van der Waals surface area contributed by atoms with Gasteiger partial charge >= 0.3 is 5.97 Å². The van der Waals surface area contributed by atoms with Gasteiger partial charge in [-0.15, -0.1) is 0 Å². The molecule has 2 atom stereocenters. The van der Waals surface area contributed by atoms with Crippen LogP contribution in [0, 0.1) is 5.92 Å². The van der Waals surface area contributed by atoms with Crippen molar-refractivity contribution in [3.8, 4) is 0 Å². The predicted molar refractivity (Wildman–Crippen MR) is 110 cm³/mol. The molecular weight excluding hydrogens is 400 g/mol. The molecule has 31 heavy (non-hydrogen) atoms. The number of anilines is 1. The van der Waals surface area contributed by atoms with E-state index in [-0.39, 0.29) is 17.0 Å². The van der Waals surface area contributed by atoms with Crippen LogP contribution in [0.3, 0.4) is 0 Å². The van der Waals surface area contributed by atoms with Crippen molar-refractivity contribution >= 4 is 45.7 Å². The number of ketones is 1. The van der Waals surface area contributed by atoms with Crippen molar-refractivity contribution in [1.29, 1.82) is 0 Å². The molecule has 1 N–H and O–H groups in total. The molecule has 2 heterocycles. The minimum atomic E-state index is -1.22. The predicted octanol–water partition coefficient (Wildman–Crippen LogP) is 2.67. The van der Waals surface area contributed by atoms with E-state index in [0.29, 0.717) is 5.56 Å². The lowest BCUT2D eigenvalue weighted by Crippen LogP contribution is -2.34. The maximum absolute atomic E-state index is 13.1. The molecule has 0 spiro atoms. The van der Waals surface area contributed by atoms with Gasteiger partial charge in [0.2, 0.25) is 17.8 Å². The molecule has 1 fully saturated rings. The van der Waals surface area contributed by atoms with Gasteiger partial charge in [-0.1, -0.05) is 41.6 Å². The first kappa shape index (κ1) is 18.7. The number of carbonyl (C=O) groups excluding carboxylic acids is 3. The molecule has 8 heteroatoms. The van der Waals surface area contributed by atoms with Crippen molar-refractivity contribution in [2.75, 3.05) is 4.90 Å². The zero-order valence-electron chi connectivity index (χ0n) is 15.9. The van der Waals surface area contributed by atoms with Gasteiger partial charge in [-0.3, -0.25) is 14.4 Å². The van der Waals surface area contributed by atoms with Crippen LogP contribution in [0.4, 0.5) is 5.69 Å². The Kier molecular flexibility index (Phi) is 4.14. The number of carbonyl (C=O) groups is 4. The molecule has 5 rings (SSSR count). The molecule has 2 aliphatic rings. The molecule has 0 unspecified atom stereocenters. The fraction of sp³-hybridized carbons (Fsp3) is 0.0870. The van der Waals surface area contributed by atoms with E-state index in [4.69, 9.17) is 9.94 Å². The van der Waals surface area contributed by atoms with E-state index in [0.717, 1.165) is 15.7 Å². The number of hydrogen-bond acceptors (Lipinski definition) is 6. The second kappa shape index (κ2) is 6.88. The molecule has 152 valence electrons. The lowest BCUT2D eigenvalue weighted by Gasteiger charge is -2.15. The number of amides is 2. The van der Waals surface area contributed by atoms with E-state index in [2.05, 4.69) is 5.16 Å². The fourth-order valence-electron chi connectivity index (χ4n) is 3.85. The van der Waals surface area contributed by atoms with E-state index >= 15 is 0 Å². The van der Waals surface area contributed by atoms with Crippen LogP contribution in [0.25, 0.3) is 10.8 Å². The maximum atomic E-state index is 13.1. The first-order valence-electron chi connectivity index (χ1n) is 9.44. The Morgan fingerprint density at radius 2 is 1.55 bits per heavy atom. The highest BCUT2D eigenvalue weighted by Crippen LogP contribution is 2.34. The summed E-state index contributed by atoms with van der Waals surface area (Å²) in [5.74, 6) is -4.04. The first-order valence-corrected chi connectivity index (χ1v) is 9.44. The number of aromatic carboxylic acids is 1. The monoisotopic (exact) mass is 414 g/mol. The third-order valence-electron chi connectivity index (χ3n) is 5.43. The Morgan fingerprint density at radius 1 is 0.871 bits per heavy atom. The number of rotatable bonds is 4. The van der Waals surface area contributed by atoms with Gasteiger partial charge in [0.25, 0.3) is 5.91 Å². The maximum Gasteiger partial charge on any atom is 0.335 e. The number of nitrogens with zero attached hydrogens (tertiary/aromatic N) is 2. The fourth-order valence-corrected chi connectivity index (χ4v) is 3.85. The highest BCUT2D eigenvalue weighted by molar-refractivity contribution is 6.52. The Bertz CT molecular complexity index is 1310. The van der Waals surface area contributed by atoms with E-state index < -0.39 is 35.6 Å². The van der Waals surface area contributed by atoms with E-state index in [1.807, 2.05) is 24.3 Å². The highest BCUT2D eigenvalue weighted by atomic mass is 16.7. The summed E-state index contributed by atoms with van der Waals surface area (Å²) >= 11 is 0. The zero-order chi connectivity index (χ0) is 21.7. The van der Waals surface area contributed by atoms with Gasteiger partial charge < -0.3 is 9.94 Å². The number of imide groups is 1. The van der Waals surface area contributed by atoms with Crippen molar-refractivity contribution < 1.29 is 29.1 Å². The standard InChI is InChI=1S/C23H14N2O6/c26-19(15-6-5-12-3-1-2-4-14(12)11-15)18-17-20(31-24-18)22(28)25(21(17)27)16-9-7-13(8-10-16)23(29)30/h1-11,17,20H,(H,29,30)/t17-,20+/m1/s1. The Labute approximate surface area is 175 Å². The second-order valence-corrected chi connectivity index (χ2v) is 7.24. The Balaban J connectivity index is 1.45. The zero-order valence-corrected chi connectivity index (χ0v) is 15.9. The quantitative estimate of drug-likeness (QED) is 0.519. The van der Waals surface area contributed by atoms with Gasteiger partial charge in [-0.05, 0) is 41.1 Å². The Morgan fingerprint density at radius 3 is 2.26 bits per heavy atom. The van der Waals surface area contributed by atoms with Crippen LogP contribution in [0.2, 0.25) is 0 Å². The van der Waals surface area contributed by atoms with Crippen LogP contribution in [0.15, 0.2) is 71.9 Å². The third kappa shape index (κ3) is 2.88. The molecule has 0 aromatic heterocycles. The molecule has 0 saturated carbocycles. The average molecular weight is 414 g/mol. The number of carboxylic acid groups (broad SMARTS) is 1. The molecule has 0 bridgehead atoms. The second-order valence-electron chi connectivity index (χ2n) is 7.24. The van der Waals surface area contributed by atoms with Crippen LogP contribution < -0.4 is 4.90 Å². The van der Waals surface area contributed by atoms with E-state index in [1.54, 1.807) is 18.2 Å². The van der Waals surface area contributed by atoms with Gasteiger partial charge in [0.15, 0.2) is 0 Å². The number of carboxylic acids is 1. The Hall–Kier alpha value is -4.33. The van der Waals surface area contributed by atoms with Crippen molar-refractivity contribution in [2.24, 2.45) is 11.1 Å². The summed E-state index contributed by atoms with van der Waals surface area (Å²) in [6.45, 7) is 0. The summed E-state index contributed by atoms with van der Waals surface area (Å²) in [6, 6.07) is 18.0. The minimum absolute atomic E-state index is 0.0213. The largest absolute Gasteiger partial charge is 0.478 e. The third-order valence-corrected chi connectivity index (χ3v) is 5.43. The van der Waals surface area contributed by atoms with Gasteiger partial charge in [-0.2, -0.15) is 0 Å². The molecule has 3 aromatic carbocycles. The van der Waals surface area contributed by atoms with Crippen molar-refractivity contribution in [3.63, 3.8) is 0 Å². The molecule has 0 aliphatic carbocycles. The molecule has 3 aromatic rings. The minimum Gasteiger partial charge on any atom is -0.478 e. The highest BCUT2D eigenvalue weighted by Gasteiger charge is 2.57. The molecular formula is C23H14N2O6. The summed E-state index contributed by atoms with van der Waals surface area (Å²) in [4.78, 5) is 56.0. The van der Waals surface area contributed by atoms with E-state index in [9.17, 15) is 19.2 Å². The van der Waals surface area contributed by atoms with Crippen LogP contribution >= 0.6 is 0 Å². The average Bonchev–Trinajstić information content (AvgIpc) is 3.33. The number of oxime groups is 1. The van der Waals surface area contributed by atoms with Crippen LogP contribution in [0.5, 0.6) is 0 Å². The van der Waals surface area contributed by atoms with Crippen LogP contribution in [-0.2, 0) is 14.4 Å². The van der Waals surface area contributed by atoms with Gasteiger partial charge in [0.1, 0.15) is 11.6 Å². The van der Waals surface area contributed by atoms with Gasteiger partial charge in [0.05, 0.1) is 11.3 Å². The smallest absolute Gasteiger partial charge is 0.335 e. The number of Topliss-reactive ketones (excluding diaryl/α,β-unsaturated/α-hetero) is 1. The van der Waals surface area contributed by atoms with Gasteiger partial charge in [-0.25, -0.2) is 9.69 Å². The van der Waals surface area contributed by atoms with Crippen molar-refractivity contribution in [1.82, 2.24) is 0 Å². The lowest BCUT2D eigenvalue weighted by molar-refractivity contribution is -0.126. The lowest BCUT2D eigenvalue weighted by atomic mass is 9.92. The van der Waals surface area contributed by atoms with E-state index in [1.165, 1.54) is 24.3 Å². The summed E-state index contributed by atoms with van der Waals surface area (Å²) in [5.41, 5.74) is 0.443. The molecule has 1 saturated heterocycles. The molecule has 0 radical (unpaired) electrons. The first-order chi connectivity index (χ1) is 15.0. The van der Waals surface area contributed by atoms with Crippen molar-refractivity contribution in [2.45, 2.75) is 6.10 Å². The summed E-state index contributed by atoms with van der Waals surface area (Å²) in [5, 5.41) is 14.6. The number of hydrogen-bond donors (Lipinski definition) is 1. The number of fused-ring (bicyclic) bond motifs is 2. The summed E-state index contributed by atoms with van der Waals surface area (Å²) in [7, 11) is 0. The van der Waals surface area contributed by atoms with Crippen LogP contribution in [-0.4, -0.2) is 40.5 Å². The normalized spacial score (nSPS) is 19.9. The van der Waals surface area contributed by atoms with Crippen molar-refractivity contribution in [3.05, 3.63) is 77.9 Å².